The topological polar surface area (TPSA) is 60.7 Å². The maximum absolute atomic E-state index is 9.79. The lowest BCUT2D eigenvalue weighted by Gasteiger charge is -2.38. The minimum absolute atomic E-state index is 0.0312. The van der Waals surface area contributed by atoms with Crippen LogP contribution in [0.5, 0.6) is 0 Å². The minimum atomic E-state index is -1.03. The molecule has 3 N–H and O–H groups in total. The van der Waals surface area contributed by atoms with E-state index in [1.54, 1.807) is 6.92 Å². The van der Waals surface area contributed by atoms with E-state index in [4.69, 9.17) is 5.11 Å². The van der Waals surface area contributed by atoms with Crippen molar-refractivity contribution in [3.8, 4) is 0 Å². The van der Waals surface area contributed by atoms with Gasteiger partial charge in [0.25, 0.3) is 0 Å². The zero-order valence-electron chi connectivity index (χ0n) is 8.40. The van der Waals surface area contributed by atoms with Gasteiger partial charge in [0.2, 0.25) is 0 Å². The van der Waals surface area contributed by atoms with Crippen LogP contribution < -0.4 is 0 Å². The largest absolute Gasteiger partial charge is 0.393 e. The van der Waals surface area contributed by atoms with Crippen molar-refractivity contribution in [2.24, 2.45) is 11.8 Å². The molecular weight excluding hydrogens is 168 g/mol. The van der Waals surface area contributed by atoms with Crippen LogP contribution >= 0.6 is 0 Å². The van der Waals surface area contributed by atoms with Crippen molar-refractivity contribution in [2.45, 2.75) is 44.8 Å². The van der Waals surface area contributed by atoms with E-state index >= 15 is 0 Å². The summed E-state index contributed by atoms with van der Waals surface area (Å²) in [6, 6.07) is 0. The first-order valence-electron chi connectivity index (χ1n) is 4.98. The Balaban J connectivity index is 2.55. The first kappa shape index (κ1) is 11.0. The van der Waals surface area contributed by atoms with Crippen LogP contribution in [-0.4, -0.2) is 33.6 Å². The first-order valence-corrected chi connectivity index (χ1v) is 4.98. The van der Waals surface area contributed by atoms with Crippen molar-refractivity contribution in [1.82, 2.24) is 0 Å². The zero-order chi connectivity index (χ0) is 10.1. The summed E-state index contributed by atoms with van der Waals surface area (Å²) in [6.07, 6.45) is 2.11. The summed E-state index contributed by atoms with van der Waals surface area (Å²) < 4.78 is 0. The zero-order valence-corrected chi connectivity index (χ0v) is 8.40. The predicted molar refractivity (Wildman–Crippen MR) is 50.2 cm³/mol. The molecule has 0 heterocycles. The second kappa shape index (κ2) is 3.95. The normalized spacial score (nSPS) is 39.9. The Bertz CT molecular complexity index is 168. The molecule has 0 aliphatic heterocycles. The quantitative estimate of drug-likeness (QED) is 0.592. The minimum Gasteiger partial charge on any atom is -0.393 e. The lowest BCUT2D eigenvalue weighted by Crippen LogP contribution is -2.43. The molecule has 78 valence electrons. The Morgan fingerprint density at radius 2 is 2.00 bits per heavy atom. The lowest BCUT2D eigenvalue weighted by atomic mass is 9.73. The molecule has 3 nitrogen and oxygen atoms in total. The van der Waals surface area contributed by atoms with E-state index in [9.17, 15) is 10.2 Å². The molecule has 0 aromatic carbocycles. The van der Waals surface area contributed by atoms with Crippen LogP contribution in [0.3, 0.4) is 0 Å². The van der Waals surface area contributed by atoms with E-state index in [-0.39, 0.29) is 18.6 Å². The van der Waals surface area contributed by atoms with Crippen LogP contribution in [0, 0.1) is 11.8 Å². The standard InChI is InChI=1S/C10H20O3/c1-7-3-4-8(5-9(7)12)10(2,13)6-11/h7-9,11-13H,3-6H2,1-2H3/t7-,8-,9+,10-/m1/s1. The van der Waals surface area contributed by atoms with Gasteiger partial charge in [0.15, 0.2) is 0 Å². The van der Waals surface area contributed by atoms with Crippen LogP contribution in [0.15, 0.2) is 0 Å². The summed E-state index contributed by atoms with van der Waals surface area (Å²) in [5, 5.41) is 28.4. The molecule has 1 rings (SSSR count). The van der Waals surface area contributed by atoms with Crippen molar-refractivity contribution in [2.75, 3.05) is 6.61 Å². The van der Waals surface area contributed by atoms with E-state index in [0.717, 1.165) is 12.8 Å². The Morgan fingerprint density at radius 3 is 2.46 bits per heavy atom. The molecule has 0 amide bonds. The number of aliphatic hydroxyl groups excluding tert-OH is 2. The first-order chi connectivity index (χ1) is 5.97. The number of aliphatic hydroxyl groups is 3. The second-order valence-corrected chi connectivity index (χ2v) is 4.57. The van der Waals surface area contributed by atoms with Gasteiger partial charge in [-0.05, 0) is 38.0 Å². The summed E-state index contributed by atoms with van der Waals surface area (Å²) in [5.41, 5.74) is -1.03. The van der Waals surface area contributed by atoms with Gasteiger partial charge in [0.1, 0.15) is 0 Å². The number of hydrogen-bond acceptors (Lipinski definition) is 3. The summed E-state index contributed by atoms with van der Waals surface area (Å²) in [5.74, 6) is 0.356. The molecular formula is C10H20O3. The van der Waals surface area contributed by atoms with Crippen molar-refractivity contribution < 1.29 is 15.3 Å². The maximum Gasteiger partial charge on any atom is 0.0878 e. The maximum atomic E-state index is 9.79. The highest BCUT2D eigenvalue weighted by molar-refractivity contribution is 4.88. The van der Waals surface area contributed by atoms with Crippen molar-refractivity contribution in [3.63, 3.8) is 0 Å². The van der Waals surface area contributed by atoms with Crippen LogP contribution in [0.2, 0.25) is 0 Å². The third-order valence-corrected chi connectivity index (χ3v) is 3.35. The predicted octanol–water partition coefficient (Wildman–Crippen LogP) is 0.527. The molecule has 13 heavy (non-hydrogen) atoms. The van der Waals surface area contributed by atoms with Crippen LogP contribution in [0.1, 0.15) is 33.1 Å². The molecule has 0 saturated heterocycles. The van der Waals surface area contributed by atoms with Crippen LogP contribution in [0.4, 0.5) is 0 Å². The highest BCUT2D eigenvalue weighted by atomic mass is 16.3. The fourth-order valence-electron chi connectivity index (χ4n) is 1.99. The van der Waals surface area contributed by atoms with Crippen LogP contribution in [-0.2, 0) is 0 Å². The monoisotopic (exact) mass is 188 g/mol. The highest BCUT2D eigenvalue weighted by Gasteiger charge is 2.37. The molecule has 1 aliphatic rings. The fraction of sp³-hybridized carbons (Fsp3) is 1.00. The molecule has 3 heteroatoms. The number of rotatable bonds is 2. The fourth-order valence-corrected chi connectivity index (χ4v) is 1.99. The Hall–Kier alpha value is -0.120. The molecule has 0 unspecified atom stereocenters. The van der Waals surface area contributed by atoms with Gasteiger partial charge >= 0.3 is 0 Å². The van der Waals surface area contributed by atoms with E-state index in [1.807, 2.05) is 6.92 Å². The number of hydrogen-bond donors (Lipinski definition) is 3. The SMILES string of the molecule is C[C@@H]1CC[C@@H]([C@](C)(O)CO)C[C@@H]1O. The lowest BCUT2D eigenvalue weighted by molar-refractivity contribution is -0.0836. The van der Waals surface area contributed by atoms with Gasteiger partial charge in [-0.2, -0.15) is 0 Å². The van der Waals surface area contributed by atoms with E-state index in [1.165, 1.54) is 0 Å². The summed E-state index contributed by atoms with van der Waals surface area (Å²) in [7, 11) is 0. The van der Waals surface area contributed by atoms with E-state index < -0.39 is 5.60 Å². The molecule has 0 spiro atoms. The Labute approximate surface area is 79.4 Å². The van der Waals surface area contributed by atoms with E-state index in [0.29, 0.717) is 12.3 Å². The molecule has 0 aromatic heterocycles. The summed E-state index contributed by atoms with van der Waals surface area (Å²) in [4.78, 5) is 0. The van der Waals surface area contributed by atoms with Crippen molar-refractivity contribution >= 4 is 0 Å². The van der Waals surface area contributed by atoms with Crippen molar-refractivity contribution in [1.29, 1.82) is 0 Å². The van der Waals surface area contributed by atoms with Gasteiger partial charge in [0, 0.05) is 0 Å². The van der Waals surface area contributed by atoms with E-state index in [2.05, 4.69) is 0 Å². The van der Waals surface area contributed by atoms with Gasteiger partial charge in [-0.15, -0.1) is 0 Å². The van der Waals surface area contributed by atoms with Gasteiger partial charge in [-0.3, -0.25) is 0 Å². The second-order valence-electron chi connectivity index (χ2n) is 4.57. The molecule has 0 radical (unpaired) electrons. The molecule has 4 atom stereocenters. The highest BCUT2D eigenvalue weighted by Crippen LogP contribution is 2.35. The van der Waals surface area contributed by atoms with Crippen LogP contribution in [0.25, 0.3) is 0 Å². The molecule has 1 saturated carbocycles. The average Bonchev–Trinajstić information content (AvgIpc) is 2.09. The molecule has 1 aliphatic carbocycles. The smallest absolute Gasteiger partial charge is 0.0878 e. The molecule has 0 aromatic rings. The Morgan fingerprint density at radius 1 is 1.38 bits per heavy atom. The van der Waals surface area contributed by atoms with Gasteiger partial charge in [-0.25, -0.2) is 0 Å². The third kappa shape index (κ3) is 2.42. The average molecular weight is 188 g/mol. The van der Waals surface area contributed by atoms with Gasteiger partial charge in [-0.1, -0.05) is 6.92 Å². The van der Waals surface area contributed by atoms with Crippen molar-refractivity contribution in [3.05, 3.63) is 0 Å². The molecule has 1 fully saturated rings. The third-order valence-electron chi connectivity index (χ3n) is 3.35. The van der Waals surface area contributed by atoms with Gasteiger partial charge < -0.3 is 15.3 Å². The Kier molecular flexibility index (Phi) is 3.33. The summed E-state index contributed by atoms with van der Waals surface area (Å²) in [6.45, 7) is 3.44. The summed E-state index contributed by atoms with van der Waals surface area (Å²) >= 11 is 0. The van der Waals surface area contributed by atoms with Gasteiger partial charge in [0.05, 0.1) is 18.3 Å². The molecule has 0 bridgehead atoms.